The van der Waals surface area contributed by atoms with Crippen LogP contribution in [0.2, 0.25) is 0 Å². The summed E-state index contributed by atoms with van der Waals surface area (Å²) in [6.07, 6.45) is 1.44. The first-order valence-electron chi connectivity index (χ1n) is 12.3. The molecule has 0 spiro atoms. The van der Waals surface area contributed by atoms with Crippen molar-refractivity contribution in [1.82, 2.24) is 0 Å². The number of thiocarbonyl (C=S) groups is 1. The smallest absolute Gasteiger partial charge is 0.270 e. The quantitative estimate of drug-likeness (QED) is 0.127. The minimum absolute atomic E-state index is 0.0367. The van der Waals surface area contributed by atoms with Crippen molar-refractivity contribution in [2.24, 2.45) is 0 Å². The van der Waals surface area contributed by atoms with Crippen molar-refractivity contribution in [1.29, 1.82) is 0 Å². The summed E-state index contributed by atoms with van der Waals surface area (Å²) in [6, 6.07) is 18.9. The van der Waals surface area contributed by atoms with E-state index in [9.17, 15) is 19.7 Å². The third-order valence-corrected chi connectivity index (χ3v) is 7.00. The summed E-state index contributed by atoms with van der Waals surface area (Å²) in [5, 5.41) is 11.6. The second-order valence-electron chi connectivity index (χ2n) is 8.90. The molecule has 0 N–H and O–H groups in total. The molecule has 2 amide bonds. The third-order valence-electron chi connectivity index (χ3n) is 6.64. The molecule has 1 aliphatic rings. The highest BCUT2D eigenvalue weighted by Crippen LogP contribution is 2.33. The molecule has 0 radical (unpaired) electrons. The van der Waals surface area contributed by atoms with Gasteiger partial charge in [-0.05, 0) is 87.4 Å². The van der Waals surface area contributed by atoms with Gasteiger partial charge in [0.2, 0.25) is 0 Å². The van der Waals surface area contributed by atoms with Crippen molar-refractivity contribution in [3.8, 4) is 0 Å². The Bertz CT molecular complexity index is 1460. The molecule has 8 nitrogen and oxygen atoms in total. The summed E-state index contributed by atoms with van der Waals surface area (Å²) in [6.45, 7) is 9.12. The van der Waals surface area contributed by atoms with Gasteiger partial charge in [0.25, 0.3) is 17.5 Å². The Balaban J connectivity index is 1.95. The molecule has 9 heteroatoms. The van der Waals surface area contributed by atoms with E-state index in [1.165, 1.54) is 28.0 Å². The first kappa shape index (κ1) is 26.7. The van der Waals surface area contributed by atoms with Crippen molar-refractivity contribution in [2.45, 2.75) is 27.7 Å². The lowest BCUT2D eigenvalue weighted by atomic mass is 10.0. The van der Waals surface area contributed by atoms with Gasteiger partial charge in [-0.1, -0.05) is 24.3 Å². The van der Waals surface area contributed by atoms with Gasteiger partial charge in [0.05, 0.1) is 16.3 Å². The first-order valence-corrected chi connectivity index (χ1v) is 12.7. The van der Waals surface area contributed by atoms with E-state index < -0.39 is 16.7 Å². The summed E-state index contributed by atoms with van der Waals surface area (Å²) in [7, 11) is 0. The number of benzene rings is 3. The van der Waals surface area contributed by atoms with E-state index in [-0.39, 0.29) is 16.4 Å². The van der Waals surface area contributed by atoms with Crippen LogP contribution >= 0.6 is 12.2 Å². The summed E-state index contributed by atoms with van der Waals surface area (Å²) in [4.78, 5) is 43.6. The van der Waals surface area contributed by atoms with Crippen molar-refractivity contribution < 1.29 is 14.5 Å². The van der Waals surface area contributed by atoms with Crippen LogP contribution in [0.1, 0.15) is 30.5 Å². The normalized spacial score (nSPS) is 14.8. The number of nitrogens with zero attached hydrogens (tertiary/aromatic N) is 4. The maximum Gasteiger partial charge on any atom is 0.270 e. The van der Waals surface area contributed by atoms with E-state index >= 15 is 0 Å². The molecule has 3 aromatic rings. The Morgan fingerprint density at radius 3 is 2.08 bits per heavy atom. The lowest BCUT2D eigenvalue weighted by Gasteiger charge is -2.37. The van der Waals surface area contributed by atoms with Crippen LogP contribution in [-0.4, -0.2) is 34.9 Å². The van der Waals surface area contributed by atoms with Gasteiger partial charge < -0.3 is 4.90 Å². The SMILES string of the molecule is CCN(CC)c1ccc([N+](=O)[O-])cc1/C=C1\C(=O)N(c2ccccc2)C(=S)N(c2ccc(C)c(C)c2)C1=O. The number of hydrogen-bond acceptors (Lipinski definition) is 6. The minimum Gasteiger partial charge on any atom is -0.372 e. The fraction of sp³-hybridized carbons (Fsp3) is 0.207. The molecule has 1 aliphatic heterocycles. The van der Waals surface area contributed by atoms with Crippen molar-refractivity contribution in [2.75, 3.05) is 27.8 Å². The number of carbonyl (C=O) groups is 2. The molecular weight excluding hydrogens is 500 g/mol. The lowest BCUT2D eigenvalue weighted by Crippen LogP contribution is -2.57. The number of anilines is 3. The molecule has 1 saturated heterocycles. The summed E-state index contributed by atoms with van der Waals surface area (Å²) in [5.74, 6) is -1.18. The summed E-state index contributed by atoms with van der Waals surface area (Å²) in [5.41, 5.74) is 3.87. The van der Waals surface area contributed by atoms with Gasteiger partial charge in [0, 0.05) is 36.5 Å². The molecule has 1 heterocycles. The number of nitro groups is 1. The van der Waals surface area contributed by atoms with Crippen LogP contribution in [0.15, 0.2) is 72.3 Å². The highest BCUT2D eigenvalue weighted by molar-refractivity contribution is 7.81. The number of aryl methyl sites for hydroxylation is 2. The number of nitro benzene ring substituents is 1. The van der Waals surface area contributed by atoms with E-state index in [1.807, 2.05) is 50.8 Å². The molecule has 0 saturated carbocycles. The zero-order valence-electron chi connectivity index (χ0n) is 21.7. The molecule has 194 valence electrons. The first-order chi connectivity index (χ1) is 18.2. The van der Waals surface area contributed by atoms with E-state index in [0.29, 0.717) is 35.7 Å². The summed E-state index contributed by atoms with van der Waals surface area (Å²) >= 11 is 5.71. The van der Waals surface area contributed by atoms with Crippen molar-refractivity contribution in [3.63, 3.8) is 0 Å². The number of amides is 2. The predicted molar refractivity (Wildman–Crippen MR) is 155 cm³/mol. The fourth-order valence-corrected chi connectivity index (χ4v) is 4.78. The average Bonchev–Trinajstić information content (AvgIpc) is 2.90. The Labute approximate surface area is 226 Å². The Morgan fingerprint density at radius 2 is 1.50 bits per heavy atom. The molecular formula is C29H28N4O4S. The van der Waals surface area contributed by atoms with Gasteiger partial charge >= 0.3 is 0 Å². The lowest BCUT2D eigenvalue weighted by molar-refractivity contribution is -0.384. The molecule has 0 atom stereocenters. The van der Waals surface area contributed by atoms with E-state index in [4.69, 9.17) is 12.2 Å². The zero-order valence-corrected chi connectivity index (χ0v) is 22.5. The topological polar surface area (TPSA) is 87.0 Å². The largest absolute Gasteiger partial charge is 0.372 e. The second-order valence-corrected chi connectivity index (χ2v) is 9.26. The molecule has 0 bridgehead atoms. The summed E-state index contributed by atoms with van der Waals surface area (Å²) < 4.78 is 0. The molecule has 0 aromatic heterocycles. The van der Waals surface area contributed by atoms with E-state index in [1.54, 1.807) is 36.4 Å². The van der Waals surface area contributed by atoms with Crippen LogP contribution in [0.25, 0.3) is 6.08 Å². The van der Waals surface area contributed by atoms with Gasteiger partial charge in [0.15, 0.2) is 5.11 Å². The van der Waals surface area contributed by atoms with Gasteiger partial charge in [0.1, 0.15) is 5.57 Å². The fourth-order valence-electron chi connectivity index (χ4n) is 4.41. The van der Waals surface area contributed by atoms with Gasteiger partial charge in [-0.15, -0.1) is 0 Å². The van der Waals surface area contributed by atoms with Crippen molar-refractivity contribution in [3.05, 3.63) is 99.1 Å². The van der Waals surface area contributed by atoms with E-state index in [2.05, 4.69) is 0 Å². The molecule has 4 rings (SSSR count). The number of hydrogen-bond donors (Lipinski definition) is 0. The Hall–Kier alpha value is -4.37. The maximum atomic E-state index is 13.9. The second kappa shape index (κ2) is 10.9. The molecule has 38 heavy (non-hydrogen) atoms. The molecule has 0 unspecified atom stereocenters. The zero-order chi connectivity index (χ0) is 27.6. The monoisotopic (exact) mass is 528 g/mol. The minimum atomic E-state index is -0.594. The van der Waals surface area contributed by atoms with Crippen LogP contribution in [0.3, 0.4) is 0 Å². The highest BCUT2D eigenvalue weighted by Gasteiger charge is 2.41. The van der Waals surface area contributed by atoms with Gasteiger partial charge in [-0.25, -0.2) is 0 Å². The molecule has 0 aliphatic carbocycles. The highest BCUT2D eigenvalue weighted by atomic mass is 32.1. The Kier molecular flexibility index (Phi) is 7.68. The predicted octanol–water partition coefficient (Wildman–Crippen LogP) is 5.81. The third kappa shape index (κ3) is 4.92. The van der Waals surface area contributed by atoms with Crippen LogP contribution in [0.5, 0.6) is 0 Å². The standard InChI is InChI=1S/C29H28N4O4S/c1-5-30(6-2)26-15-14-24(33(36)37)17-21(26)18-25-27(34)31(22-10-8-7-9-11-22)29(38)32(28(25)35)23-13-12-19(3)20(4)16-23/h7-18H,5-6H2,1-4H3/b25-18+. The van der Waals surface area contributed by atoms with E-state index in [0.717, 1.165) is 11.1 Å². The number of carbonyl (C=O) groups excluding carboxylic acids is 2. The van der Waals surface area contributed by atoms with Gasteiger partial charge in [-0.3, -0.25) is 29.5 Å². The maximum absolute atomic E-state index is 13.9. The van der Waals surface area contributed by atoms with Crippen LogP contribution in [-0.2, 0) is 9.59 Å². The van der Waals surface area contributed by atoms with Crippen molar-refractivity contribution >= 4 is 58.0 Å². The number of non-ortho nitro benzene ring substituents is 1. The van der Waals surface area contributed by atoms with Gasteiger partial charge in [-0.2, -0.15) is 0 Å². The average molecular weight is 529 g/mol. The van der Waals surface area contributed by atoms with Crippen LogP contribution in [0, 0.1) is 24.0 Å². The number of rotatable bonds is 7. The molecule has 3 aromatic carbocycles. The van der Waals surface area contributed by atoms with Crippen LogP contribution in [0.4, 0.5) is 22.7 Å². The Morgan fingerprint density at radius 1 is 0.868 bits per heavy atom. The number of para-hydroxylation sites is 1. The molecule has 1 fully saturated rings. The van der Waals surface area contributed by atoms with Crippen LogP contribution < -0.4 is 14.7 Å².